The molecule has 2 aromatic carbocycles. The number of esters is 1. The first-order valence-electron chi connectivity index (χ1n) is 8.65. The van der Waals surface area contributed by atoms with Gasteiger partial charge in [0.05, 0.1) is 5.56 Å². The van der Waals surface area contributed by atoms with Gasteiger partial charge in [-0.3, -0.25) is 4.79 Å². The number of amides is 1. The lowest BCUT2D eigenvalue weighted by Gasteiger charge is -2.08. The lowest BCUT2D eigenvalue weighted by molar-refractivity contribution is 0.0734. The third kappa shape index (κ3) is 4.01. The molecular weight excluding hydrogens is 358 g/mol. The highest BCUT2D eigenvalue weighted by Gasteiger charge is 2.15. The fraction of sp³-hybridized carbons (Fsp3) is 0.136. The van der Waals surface area contributed by atoms with Crippen molar-refractivity contribution in [3.8, 4) is 5.75 Å². The minimum Gasteiger partial charge on any atom is -0.423 e. The van der Waals surface area contributed by atoms with Crippen LogP contribution in [-0.2, 0) is 0 Å². The predicted octanol–water partition coefficient (Wildman–Crippen LogP) is 3.54. The Morgan fingerprint density at radius 2 is 1.89 bits per heavy atom. The first kappa shape index (κ1) is 19.1. The van der Waals surface area contributed by atoms with Gasteiger partial charge in [0.1, 0.15) is 16.9 Å². The van der Waals surface area contributed by atoms with Gasteiger partial charge in [-0.25, -0.2) is 9.59 Å². The van der Waals surface area contributed by atoms with Gasteiger partial charge in [0.15, 0.2) is 0 Å². The van der Waals surface area contributed by atoms with E-state index in [9.17, 15) is 14.4 Å². The Morgan fingerprint density at radius 3 is 2.61 bits per heavy atom. The standard InChI is InChI=1S/C22H19NO5/c1-4-9-23-20(24)18-11-15-7-8-17(12-19(15)28-22(18)26)27-21(25)16-6-5-13(2)14(3)10-16/h4-8,10-12H,1,9H2,2-3H3,(H,23,24). The van der Waals surface area contributed by atoms with Crippen LogP contribution in [0, 0.1) is 13.8 Å². The second kappa shape index (κ2) is 7.92. The number of aryl methyl sites for hydroxylation is 2. The van der Waals surface area contributed by atoms with Crippen molar-refractivity contribution in [2.45, 2.75) is 13.8 Å². The van der Waals surface area contributed by atoms with Crippen LogP contribution in [0.4, 0.5) is 0 Å². The molecule has 3 aromatic rings. The maximum Gasteiger partial charge on any atom is 0.349 e. The Bertz CT molecular complexity index is 1140. The van der Waals surface area contributed by atoms with Gasteiger partial charge in [-0.05, 0) is 55.3 Å². The molecule has 0 aliphatic heterocycles. The van der Waals surface area contributed by atoms with Crippen LogP contribution in [0.1, 0.15) is 31.8 Å². The van der Waals surface area contributed by atoms with E-state index in [1.807, 2.05) is 19.9 Å². The summed E-state index contributed by atoms with van der Waals surface area (Å²) in [7, 11) is 0. The fourth-order valence-corrected chi connectivity index (χ4v) is 2.61. The summed E-state index contributed by atoms with van der Waals surface area (Å²) in [5.74, 6) is -0.811. The Morgan fingerprint density at radius 1 is 1.11 bits per heavy atom. The Labute approximate surface area is 161 Å². The summed E-state index contributed by atoms with van der Waals surface area (Å²) >= 11 is 0. The van der Waals surface area contributed by atoms with Crippen molar-refractivity contribution in [1.82, 2.24) is 5.32 Å². The van der Waals surface area contributed by atoms with Crippen molar-refractivity contribution in [1.29, 1.82) is 0 Å². The number of hydrogen-bond acceptors (Lipinski definition) is 5. The summed E-state index contributed by atoms with van der Waals surface area (Å²) in [6.45, 7) is 7.62. The third-order valence-electron chi connectivity index (χ3n) is 4.31. The zero-order chi connectivity index (χ0) is 20.3. The first-order valence-corrected chi connectivity index (χ1v) is 8.65. The molecular formula is C22H19NO5. The van der Waals surface area contributed by atoms with Crippen molar-refractivity contribution < 1.29 is 18.7 Å². The molecule has 0 saturated heterocycles. The van der Waals surface area contributed by atoms with Gasteiger partial charge in [-0.1, -0.05) is 12.1 Å². The summed E-state index contributed by atoms with van der Waals surface area (Å²) in [5, 5.41) is 3.07. The topological polar surface area (TPSA) is 85.6 Å². The average molecular weight is 377 g/mol. The van der Waals surface area contributed by atoms with E-state index >= 15 is 0 Å². The molecule has 28 heavy (non-hydrogen) atoms. The number of nitrogens with one attached hydrogen (secondary N) is 1. The maximum absolute atomic E-state index is 12.3. The van der Waals surface area contributed by atoms with Crippen LogP contribution < -0.4 is 15.7 Å². The highest BCUT2D eigenvalue weighted by atomic mass is 16.5. The van der Waals surface area contributed by atoms with E-state index in [1.54, 1.807) is 24.3 Å². The quantitative estimate of drug-likeness (QED) is 0.318. The minimum atomic E-state index is -0.772. The first-order chi connectivity index (χ1) is 13.4. The van der Waals surface area contributed by atoms with Crippen LogP contribution in [0.25, 0.3) is 11.0 Å². The van der Waals surface area contributed by atoms with E-state index in [2.05, 4.69) is 11.9 Å². The summed E-state index contributed by atoms with van der Waals surface area (Å²) in [6.07, 6.45) is 1.51. The van der Waals surface area contributed by atoms with Crippen molar-refractivity contribution in [3.05, 3.63) is 87.8 Å². The molecule has 6 heteroatoms. The van der Waals surface area contributed by atoms with Crippen molar-refractivity contribution in [2.75, 3.05) is 6.54 Å². The van der Waals surface area contributed by atoms with Crippen LogP contribution in [0.3, 0.4) is 0 Å². The molecule has 1 aromatic heterocycles. The van der Waals surface area contributed by atoms with Crippen LogP contribution in [0.15, 0.2) is 64.3 Å². The smallest absolute Gasteiger partial charge is 0.349 e. The molecule has 1 heterocycles. The van der Waals surface area contributed by atoms with Crippen molar-refractivity contribution in [2.24, 2.45) is 0 Å². The zero-order valence-electron chi connectivity index (χ0n) is 15.6. The van der Waals surface area contributed by atoms with Crippen LogP contribution in [0.2, 0.25) is 0 Å². The minimum absolute atomic E-state index is 0.103. The molecule has 1 N–H and O–H groups in total. The van der Waals surface area contributed by atoms with Gasteiger partial charge in [0, 0.05) is 18.0 Å². The van der Waals surface area contributed by atoms with E-state index < -0.39 is 17.5 Å². The molecule has 3 rings (SSSR count). The van der Waals surface area contributed by atoms with Gasteiger partial charge in [0.2, 0.25) is 0 Å². The Hall–Kier alpha value is -3.67. The number of benzene rings is 2. The maximum atomic E-state index is 12.3. The molecule has 0 unspecified atom stereocenters. The second-order valence-electron chi connectivity index (χ2n) is 6.33. The molecule has 0 fully saturated rings. The number of rotatable bonds is 5. The molecule has 0 bridgehead atoms. The number of hydrogen-bond donors (Lipinski definition) is 1. The highest BCUT2D eigenvalue weighted by molar-refractivity contribution is 5.97. The van der Waals surface area contributed by atoms with E-state index in [-0.39, 0.29) is 23.4 Å². The molecule has 0 aliphatic rings. The number of fused-ring (bicyclic) bond motifs is 1. The lowest BCUT2D eigenvalue weighted by atomic mass is 10.1. The second-order valence-corrected chi connectivity index (χ2v) is 6.33. The van der Waals surface area contributed by atoms with Crippen LogP contribution in [0.5, 0.6) is 5.75 Å². The van der Waals surface area contributed by atoms with Crippen LogP contribution in [-0.4, -0.2) is 18.4 Å². The molecule has 6 nitrogen and oxygen atoms in total. The Balaban J connectivity index is 1.87. The van der Waals surface area contributed by atoms with Gasteiger partial charge in [0.25, 0.3) is 5.91 Å². The predicted molar refractivity (Wildman–Crippen MR) is 106 cm³/mol. The SMILES string of the molecule is C=CCNC(=O)c1cc2ccc(OC(=O)c3ccc(C)c(C)c3)cc2oc1=O. The number of carbonyl (C=O) groups is 2. The molecule has 142 valence electrons. The number of ether oxygens (including phenoxy) is 1. The fourth-order valence-electron chi connectivity index (χ4n) is 2.61. The van der Waals surface area contributed by atoms with Gasteiger partial charge in [-0.15, -0.1) is 6.58 Å². The van der Waals surface area contributed by atoms with E-state index in [0.29, 0.717) is 10.9 Å². The van der Waals surface area contributed by atoms with Gasteiger partial charge >= 0.3 is 11.6 Å². The van der Waals surface area contributed by atoms with E-state index in [1.165, 1.54) is 18.2 Å². The third-order valence-corrected chi connectivity index (χ3v) is 4.31. The van der Waals surface area contributed by atoms with Crippen LogP contribution >= 0.6 is 0 Å². The monoisotopic (exact) mass is 377 g/mol. The van der Waals surface area contributed by atoms with E-state index in [4.69, 9.17) is 9.15 Å². The molecule has 0 atom stereocenters. The van der Waals surface area contributed by atoms with Crippen molar-refractivity contribution in [3.63, 3.8) is 0 Å². The molecule has 0 saturated carbocycles. The van der Waals surface area contributed by atoms with Gasteiger partial charge < -0.3 is 14.5 Å². The average Bonchev–Trinajstić information content (AvgIpc) is 2.67. The number of carbonyl (C=O) groups excluding carboxylic acids is 2. The molecule has 1 amide bonds. The van der Waals surface area contributed by atoms with Gasteiger partial charge in [-0.2, -0.15) is 0 Å². The van der Waals surface area contributed by atoms with Crippen molar-refractivity contribution >= 4 is 22.8 Å². The zero-order valence-corrected chi connectivity index (χ0v) is 15.6. The summed E-state index contributed by atoms with van der Waals surface area (Å²) in [6, 6.07) is 11.4. The summed E-state index contributed by atoms with van der Waals surface area (Å²) < 4.78 is 10.6. The largest absolute Gasteiger partial charge is 0.423 e. The molecule has 0 aliphatic carbocycles. The van der Waals surface area contributed by atoms with E-state index in [0.717, 1.165) is 11.1 Å². The summed E-state index contributed by atoms with van der Waals surface area (Å²) in [4.78, 5) is 36.5. The summed E-state index contributed by atoms with van der Waals surface area (Å²) in [5.41, 5.74) is 1.84. The highest BCUT2D eigenvalue weighted by Crippen LogP contribution is 2.22. The lowest BCUT2D eigenvalue weighted by Crippen LogP contribution is -2.28. The molecule has 0 spiro atoms. The molecule has 0 radical (unpaired) electrons. The normalized spacial score (nSPS) is 10.5. The Kier molecular flexibility index (Phi) is 5.40.